The van der Waals surface area contributed by atoms with Crippen molar-refractivity contribution >= 4 is 15.8 Å². The minimum atomic E-state index is -3.09. The smallest absolute Gasteiger partial charge is 0.208 e. The van der Waals surface area contributed by atoms with Crippen LogP contribution in [0.3, 0.4) is 0 Å². The monoisotopic (exact) mass is 422 g/mol. The van der Waals surface area contributed by atoms with Crippen molar-refractivity contribution in [3.05, 3.63) is 23.9 Å². The van der Waals surface area contributed by atoms with E-state index in [4.69, 9.17) is 0 Å². The van der Waals surface area contributed by atoms with Gasteiger partial charge < -0.3 is 10.2 Å². The zero-order chi connectivity index (χ0) is 20.7. The number of sulfonamides is 1. The summed E-state index contributed by atoms with van der Waals surface area (Å²) < 4.78 is 25.6. The number of nitrogens with zero attached hydrogens (tertiary/aromatic N) is 2. The van der Waals surface area contributed by atoms with E-state index in [2.05, 4.69) is 39.0 Å². The van der Waals surface area contributed by atoms with Crippen LogP contribution in [0, 0.1) is 12.3 Å². The largest absolute Gasteiger partial charge is 0.367 e. The first-order valence-electron chi connectivity index (χ1n) is 11.2. The predicted molar refractivity (Wildman–Crippen MR) is 120 cm³/mol. The first-order chi connectivity index (χ1) is 13.8. The number of anilines is 1. The molecule has 7 heteroatoms. The second-order valence-electron chi connectivity index (χ2n) is 9.21. The van der Waals surface area contributed by atoms with Crippen LogP contribution in [-0.2, 0) is 10.0 Å². The molecule has 2 aliphatic rings. The molecule has 164 valence electrons. The molecule has 0 aromatic carbocycles. The SMILES string of the molecule is Cc1ccc(NC2CCN(CCC3(CCNS(C)(=O)=O)CCCCC3)CC2)nc1. The zero-order valence-electron chi connectivity index (χ0n) is 18.1. The van der Waals surface area contributed by atoms with E-state index in [0.717, 1.165) is 44.7 Å². The second kappa shape index (κ2) is 10.2. The minimum Gasteiger partial charge on any atom is -0.367 e. The maximum absolute atomic E-state index is 11.4. The van der Waals surface area contributed by atoms with Crippen molar-refractivity contribution in [2.75, 3.05) is 37.8 Å². The number of aromatic nitrogens is 1. The summed E-state index contributed by atoms with van der Waals surface area (Å²) in [4.78, 5) is 7.07. The average molecular weight is 423 g/mol. The summed E-state index contributed by atoms with van der Waals surface area (Å²) >= 11 is 0. The van der Waals surface area contributed by atoms with Crippen molar-refractivity contribution in [3.63, 3.8) is 0 Å². The minimum absolute atomic E-state index is 0.316. The molecule has 2 heterocycles. The average Bonchev–Trinajstić information content (AvgIpc) is 2.69. The van der Waals surface area contributed by atoms with E-state index in [9.17, 15) is 8.42 Å². The van der Waals surface area contributed by atoms with Gasteiger partial charge in [-0.1, -0.05) is 25.3 Å². The molecule has 1 saturated carbocycles. The highest BCUT2D eigenvalue weighted by Gasteiger charge is 2.32. The molecule has 1 aromatic heterocycles. The molecule has 1 aromatic rings. The van der Waals surface area contributed by atoms with Gasteiger partial charge in [0.1, 0.15) is 5.82 Å². The van der Waals surface area contributed by atoms with Gasteiger partial charge in [0, 0.05) is 31.9 Å². The Morgan fingerprint density at radius 1 is 1.14 bits per heavy atom. The Kier molecular flexibility index (Phi) is 7.93. The first kappa shape index (κ1) is 22.5. The third kappa shape index (κ3) is 7.54. The molecule has 0 amide bonds. The molecule has 2 N–H and O–H groups in total. The van der Waals surface area contributed by atoms with Gasteiger partial charge >= 0.3 is 0 Å². The number of likely N-dealkylation sites (tertiary alicyclic amines) is 1. The van der Waals surface area contributed by atoms with Crippen molar-refractivity contribution in [2.45, 2.75) is 70.8 Å². The van der Waals surface area contributed by atoms with E-state index in [1.54, 1.807) is 0 Å². The van der Waals surface area contributed by atoms with Gasteiger partial charge in [0.05, 0.1) is 6.26 Å². The Labute approximate surface area is 176 Å². The Bertz CT molecular complexity index is 722. The van der Waals surface area contributed by atoms with Gasteiger partial charge in [-0.25, -0.2) is 18.1 Å². The Balaban J connectivity index is 1.43. The van der Waals surface area contributed by atoms with E-state index in [-0.39, 0.29) is 0 Å². The third-order valence-electron chi connectivity index (χ3n) is 6.74. The van der Waals surface area contributed by atoms with Crippen LogP contribution in [0.5, 0.6) is 0 Å². The van der Waals surface area contributed by atoms with Crippen molar-refractivity contribution in [1.82, 2.24) is 14.6 Å². The Morgan fingerprint density at radius 3 is 2.48 bits per heavy atom. The summed E-state index contributed by atoms with van der Waals surface area (Å²) in [7, 11) is -3.09. The van der Waals surface area contributed by atoms with Crippen LogP contribution in [0.1, 0.15) is 63.4 Å². The van der Waals surface area contributed by atoms with Gasteiger partial charge in [-0.15, -0.1) is 0 Å². The Morgan fingerprint density at radius 2 is 1.86 bits per heavy atom. The zero-order valence-corrected chi connectivity index (χ0v) is 18.9. The molecule has 6 nitrogen and oxygen atoms in total. The van der Waals surface area contributed by atoms with Gasteiger partial charge in [0.25, 0.3) is 0 Å². The van der Waals surface area contributed by atoms with Crippen LogP contribution in [-0.4, -0.2) is 56.8 Å². The number of nitrogens with one attached hydrogen (secondary N) is 2. The number of piperidine rings is 1. The third-order valence-corrected chi connectivity index (χ3v) is 7.47. The highest BCUT2D eigenvalue weighted by atomic mass is 32.2. The summed E-state index contributed by atoms with van der Waals surface area (Å²) in [6.45, 7) is 6.02. The summed E-state index contributed by atoms with van der Waals surface area (Å²) in [5.41, 5.74) is 1.50. The van der Waals surface area contributed by atoms with Crippen LogP contribution in [0.4, 0.5) is 5.82 Å². The van der Waals surface area contributed by atoms with E-state index in [1.807, 2.05) is 6.20 Å². The van der Waals surface area contributed by atoms with Crippen LogP contribution in [0.2, 0.25) is 0 Å². The number of pyridine rings is 1. The van der Waals surface area contributed by atoms with E-state index < -0.39 is 10.0 Å². The number of rotatable bonds is 9. The van der Waals surface area contributed by atoms with Gasteiger partial charge in [-0.05, 0) is 69.0 Å². The van der Waals surface area contributed by atoms with Crippen LogP contribution in [0.25, 0.3) is 0 Å². The van der Waals surface area contributed by atoms with Crippen LogP contribution in [0.15, 0.2) is 18.3 Å². The number of hydrogen-bond acceptors (Lipinski definition) is 5. The topological polar surface area (TPSA) is 74.3 Å². The van der Waals surface area contributed by atoms with E-state index in [0.29, 0.717) is 18.0 Å². The molecule has 3 rings (SSSR count). The molecule has 0 atom stereocenters. The number of aryl methyl sites for hydroxylation is 1. The summed E-state index contributed by atoms with van der Waals surface area (Å²) in [6.07, 6.45) is 14.0. The fourth-order valence-corrected chi connectivity index (χ4v) is 5.36. The summed E-state index contributed by atoms with van der Waals surface area (Å²) in [5, 5.41) is 3.58. The molecule has 0 unspecified atom stereocenters. The van der Waals surface area contributed by atoms with Crippen molar-refractivity contribution in [2.24, 2.45) is 5.41 Å². The number of hydrogen-bond donors (Lipinski definition) is 2. The van der Waals surface area contributed by atoms with Gasteiger partial charge in [0.15, 0.2) is 0 Å². The lowest BCUT2D eigenvalue weighted by molar-refractivity contribution is 0.119. The normalized spacial score (nSPS) is 21.2. The molecule has 1 saturated heterocycles. The quantitative estimate of drug-likeness (QED) is 0.637. The lowest BCUT2D eigenvalue weighted by atomic mass is 9.69. The van der Waals surface area contributed by atoms with E-state index >= 15 is 0 Å². The van der Waals surface area contributed by atoms with Gasteiger partial charge in [-0.3, -0.25) is 0 Å². The molecular formula is C22H38N4O2S. The van der Waals surface area contributed by atoms with Crippen molar-refractivity contribution in [3.8, 4) is 0 Å². The maximum Gasteiger partial charge on any atom is 0.208 e. The van der Waals surface area contributed by atoms with E-state index in [1.165, 1.54) is 50.3 Å². The van der Waals surface area contributed by atoms with Gasteiger partial charge in [-0.2, -0.15) is 0 Å². The molecule has 1 aliphatic heterocycles. The highest BCUT2D eigenvalue weighted by molar-refractivity contribution is 7.88. The second-order valence-corrected chi connectivity index (χ2v) is 11.0. The standard InChI is InChI=1S/C22H38N4O2S/c1-19-6-7-21(23-18-19)25-20-8-15-26(16-9-20)17-13-22(10-4-3-5-11-22)12-14-24-29(2,27)28/h6-7,18,20,24H,3-5,8-17H2,1-2H3,(H,23,25). The molecule has 1 aliphatic carbocycles. The van der Waals surface area contributed by atoms with Crippen LogP contribution < -0.4 is 10.0 Å². The highest BCUT2D eigenvalue weighted by Crippen LogP contribution is 2.42. The van der Waals surface area contributed by atoms with Gasteiger partial charge in [0.2, 0.25) is 10.0 Å². The molecule has 0 radical (unpaired) electrons. The lowest BCUT2D eigenvalue weighted by Gasteiger charge is -2.40. The molecule has 0 bridgehead atoms. The summed E-state index contributed by atoms with van der Waals surface area (Å²) in [5.74, 6) is 0.980. The fraction of sp³-hybridized carbons (Fsp3) is 0.773. The predicted octanol–water partition coefficient (Wildman–Crippen LogP) is 3.55. The van der Waals surface area contributed by atoms with Crippen LogP contribution >= 0.6 is 0 Å². The Hall–Kier alpha value is -1.18. The lowest BCUT2D eigenvalue weighted by Crippen LogP contribution is -2.41. The fourth-order valence-electron chi connectivity index (χ4n) is 4.89. The molecule has 0 spiro atoms. The summed E-state index contributed by atoms with van der Waals surface area (Å²) in [6, 6.07) is 4.68. The first-order valence-corrected chi connectivity index (χ1v) is 13.1. The maximum atomic E-state index is 11.4. The molecule has 2 fully saturated rings. The molecule has 29 heavy (non-hydrogen) atoms. The van der Waals surface area contributed by atoms with Crippen molar-refractivity contribution < 1.29 is 8.42 Å². The molecular weight excluding hydrogens is 384 g/mol. The van der Waals surface area contributed by atoms with Crippen molar-refractivity contribution in [1.29, 1.82) is 0 Å².